The van der Waals surface area contributed by atoms with Crippen LogP contribution in [0.4, 0.5) is 0 Å². The fourth-order valence-corrected chi connectivity index (χ4v) is 2.52. The van der Waals surface area contributed by atoms with Crippen LogP contribution in [0.1, 0.15) is 5.89 Å². The maximum absolute atomic E-state index is 5.74. The highest BCUT2D eigenvalue weighted by molar-refractivity contribution is 7.98. The number of hydrogen-bond acceptors (Lipinski definition) is 6. The van der Waals surface area contributed by atoms with Crippen LogP contribution in [-0.2, 0) is 12.3 Å². The summed E-state index contributed by atoms with van der Waals surface area (Å²) in [5.41, 5.74) is 1.01. The lowest BCUT2D eigenvalue weighted by Gasteiger charge is -1.99. The lowest BCUT2D eigenvalue weighted by Crippen LogP contribution is -1.99. The molecule has 3 rings (SSSR count). The topological polar surface area (TPSA) is 69.6 Å². The smallest absolute Gasteiger partial charge is 0.210 e. The molecular weight excluding hydrogens is 286 g/mol. The Kier molecular flexibility index (Phi) is 4.11. The van der Waals surface area contributed by atoms with Gasteiger partial charge in [-0.05, 0) is 10.4 Å². The molecule has 106 valence electrons. The van der Waals surface area contributed by atoms with E-state index in [1.54, 1.807) is 17.0 Å². The molecule has 2 aromatic heterocycles. The van der Waals surface area contributed by atoms with Crippen LogP contribution in [0, 0.1) is 0 Å². The largest absolute Gasteiger partial charge is 0.440 e. The van der Waals surface area contributed by atoms with E-state index in [-0.39, 0.29) is 0 Å². The average Bonchev–Trinajstić information content (AvgIpc) is 3.16. The monoisotopic (exact) mass is 299 g/mol. The second kappa shape index (κ2) is 6.36. The Bertz CT molecular complexity index is 722. The zero-order chi connectivity index (χ0) is 14.5. The average molecular weight is 299 g/mol. The molecule has 0 saturated carbocycles. The Morgan fingerprint density at radius 2 is 2.14 bits per heavy atom. The zero-order valence-corrected chi connectivity index (χ0v) is 12.0. The molecule has 0 aliphatic heterocycles. The van der Waals surface area contributed by atoms with E-state index in [0.717, 1.165) is 16.5 Å². The summed E-state index contributed by atoms with van der Waals surface area (Å²) >= 11 is 1.48. The van der Waals surface area contributed by atoms with Gasteiger partial charge >= 0.3 is 0 Å². The minimum atomic E-state index is 0.574. The van der Waals surface area contributed by atoms with E-state index < -0.39 is 0 Å². The van der Waals surface area contributed by atoms with Crippen LogP contribution >= 0.6 is 11.8 Å². The first-order valence-corrected chi connectivity index (χ1v) is 7.35. The quantitative estimate of drug-likeness (QED) is 0.515. The van der Waals surface area contributed by atoms with Gasteiger partial charge in [0.15, 0.2) is 5.76 Å². The molecule has 6 nitrogen and oxygen atoms in total. The number of benzene rings is 1. The van der Waals surface area contributed by atoms with Crippen molar-refractivity contribution < 1.29 is 4.42 Å². The summed E-state index contributed by atoms with van der Waals surface area (Å²) in [4.78, 5) is 4.28. The summed E-state index contributed by atoms with van der Waals surface area (Å²) in [6, 6.07) is 9.88. The van der Waals surface area contributed by atoms with Crippen molar-refractivity contribution in [2.24, 2.45) is 0 Å². The van der Waals surface area contributed by atoms with Gasteiger partial charge < -0.3 is 4.42 Å². The highest BCUT2D eigenvalue weighted by Crippen LogP contribution is 2.24. The number of nitrogens with zero attached hydrogens (tertiary/aromatic N) is 5. The third-order valence-corrected chi connectivity index (χ3v) is 3.68. The van der Waals surface area contributed by atoms with Gasteiger partial charge in [0.1, 0.15) is 0 Å². The first kappa shape index (κ1) is 13.6. The van der Waals surface area contributed by atoms with Crippen molar-refractivity contribution in [3.05, 3.63) is 55.1 Å². The normalized spacial score (nSPS) is 10.7. The van der Waals surface area contributed by atoms with E-state index in [4.69, 9.17) is 4.42 Å². The second-order valence-corrected chi connectivity index (χ2v) is 5.15. The van der Waals surface area contributed by atoms with Crippen LogP contribution in [0.15, 0.2) is 58.8 Å². The van der Waals surface area contributed by atoms with E-state index in [1.807, 2.05) is 30.3 Å². The summed E-state index contributed by atoms with van der Waals surface area (Å²) in [6.07, 6.45) is 3.48. The zero-order valence-electron chi connectivity index (χ0n) is 11.2. The molecule has 0 aliphatic carbocycles. The Morgan fingerprint density at radius 3 is 2.95 bits per heavy atom. The molecule has 7 heteroatoms. The summed E-state index contributed by atoms with van der Waals surface area (Å²) < 4.78 is 7.42. The molecule has 21 heavy (non-hydrogen) atoms. The third-order valence-electron chi connectivity index (χ3n) is 2.74. The number of allylic oxidation sites excluding steroid dienone is 1. The minimum absolute atomic E-state index is 0.574. The fraction of sp³-hybridized carbons (Fsp3) is 0.143. The van der Waals surface area contributed by atoms with Gasteiger partial charge in [-0.3, -0.25) is 0 Å². The van der Waals surface area contributed by atoms with Crippen LogP contribution in [0.2, 0.25) is 0 Å². The van der Waals surface area contributed by atoms with Gasteiger partial charge in [-0.25, -0.2) is 9.67 Å². The lowest BCUT2D eigenvalue weighted by atomic mass is 10.2. The van der Waals surface area contributed by atoms with Crippen molar-refractivity contribution in [3.8, 4) is 11.3 Å². The van der Waals surface area contributed by atoms with Gasteiger partial charge in [-0.1, -0.05) is 48.2 Å². The van der Waals surface area contributed by atoms with Gasteiger partial charge in [0, 0.05) is 5.56 Å². The first-order chi connectivity index (χ1) is 10.4. The number of tetrazole rings is 1. The molecule has 0 bridgehead atoms. The van der Waals surface area contributed by atoms with Crippen molar-refractivity contribution in [1.82, 2.24) is 25.2 Å². The van der Waals surface area contributed by atoms with E-state index >= 15 is 0 Å². The van der Waals surface area contributed by atoms with Gasteiger partial charge in [-0.2, -0.15) is 0 Å². The molecule has 0 saturated heterocycles. The maximum atomic E-state index is 5.74. The molecule has 0 amide bonds. The van der Waals surface area contributed by atoms with Crippen LogP contribution in [-0.4, -0.2) is 25.2 Å². The summed E-state index contributed by atoms with van der Waals surface area (Å²) in [6.45, 7) is 4.25. The summed E-state index contributed by atoms with van der Waals surface area (Å²) in [5, 5.41) is 12.2. The third kappa shape index (κ3) is 3.19. The van der Waals surface area contributed by atoms with Gasteiger partial charge in [0.25, 0.3) is 0 Å². The predicted octanol–water partition coefficient (Wildman–Crippen LogP) is 2.81. The SMILES string of the molecule is C=CCn1nnnc1SCc1ncc(-c2ccccc2)o1. The molecule has 0 unspecified atom stereocenters. The molecule has 0 aliphatic rings. The lowest BCUT2D eigenvalue weighted by molar-refractivity contribution is 0.529. The summed E-state index contributed by atoms with van der Waals surface area (Å²) in [5.74, 6) is 1.98. The van der Waals surface area contributed by atoms with Gasteiger partial charge in [0.2, 0.25) is 11.0 Å². The number of oxazole rings is 1. The molecule has 0 fully saturated rings. The molecule has 3 aromatic rings. The number of aromatic nitrogens is 5. The maximum Gasteiger partial charge on any atom is 0.210 e. The molecule has 0 N–H and O–H groups in total. The second-order valence-electron chi connectivity index (χ2n) is 4.21. The Hall–Kier alpha value is -2.41. The predicted molar refractivity (Wildman–Crippen MR) is 79.5 cm³/mol. The Balaban J connectivity index is 1.68. The molecule has 0 spiro atoms. The van der Waals surface area contributed by atoms with E-state index in [2.05, 4.69) is 27.1 Å². The molecule has 0 radical (unpaired) electrons. The molecule has 0 atom stereocenters. The van der Waals surface area contributed by atoms with E-state index in [1.165, 1.54) is 11.8 Å². The molecule has 1 aromatic carbocycles. The van der Waals surface area contributed by atoms with E-state index in [0.29, 0.717) is 18.2 Å². The summed E-state index contributed by atoms with van der Waals surface area (Å²) in [7, 11) is 0. The van der Waals surface area contributed by atoms with Gasteiger partial charge in [0.05, 0.1) is 18.5 Å². The van der Waals surface area contributed by atoms with Crippen LogP contribution in [0.3, 0.4) is 0 Å². The standard InChI is InChI=1S/C14H13N5OS/c1-2-8-19-14(16-17-18-19)21-10-13-15-9-12(20-13)11-6-4-3-5-7-11/h2-7,9H,1,8,10H2. The Morgan fingerprint density at radius 1 is 1.29 bits per heavy atom. The fourth-order valence-electron chi connectivity index (χ4n) is 1.78. The first-order valence-electron chi connectivity index (χ1n) is 6.37. The molecular formula is C14H13N5OS. The van der Waals surface area contributed by atoms with Crippen molar-refractivity contribution in [3.63, 3.8) is 0 Å². The number of hydrogen-bond donors (Lipinski definition) is 0. The highest BCUT2D eigenvalue weighted by atomic mass is 32.2. The number of rotatable bonds is 6. The molecule has 2 heterocycles. The minimum Gasteiger partial charge on any atom is -0.440 e. The van der Waals surface area contributed by atoms with Crippen molar-refractivity contribution >= 4 is 11.8 Å². The highest BCUT2D eigenvalue weighted by Gasteiger charge is 2.10. The van der Waals surface area contributed by atoms with E-state index in [9.17, 15) is 0 Å². The van der Waals surface area contributed by atoms with Crippen LogP contribution in [0.25, 0.3) is 11.3 Å². The van der Waals surface area contributed by atoms with Crippen molar-refractivity contribution in [1.29, 1.82) is 0 Å². The van der Waals surface area contributed by atoms with Crippen LogP contribution in [0.5, 0.6) is 0 Å². The van der Waals surface area contributed by atoms with Crippen molar-refractivity contribution in [2.45, 2.75) is 17.5 Å². The number of thioether (sulfide) groups is 1. The van der Waals surface area contributed by atoms with Gasteiger partial charge in [-0.15, -0.1) is 11.7 Å². The van der Waals surface area contributed by atoms with Crippen molar-refractivity contribution in [2.75, 3.05) is 0 Å². The van der Waals surface area contributed by atoms with Crippen LogP contribution < -0.4 is 0 Å². The Labute approximate surface area is 125 Å².